The molecule has 2 rings (SSSR count). The number of nitrogens with zero attached hydrogens (tertiary/aromatic N) is 2. The summed E-state index contributed by atoms with van der Waals surface area (Å²) in [6.45, 7) is 1.44. The first-order valence-electron chi connectivity index (χ1n) is 6.36. The molecule has 0 atom stereocenters. The molecule has 9 heteroatoms. The SMILES string of the molecule is CS(=O)(=O)N1CCCN(C(=O)c2ccc(C(=O)O)s2)CC1. The summed E-state index contributed by atoms with van der Waals surface area (Å²) in [5.41, 5.74) is 0. The van der Waals surface area contributed by atoms with Gasteiger partial charge < -0.3 is 10.0 Å². The van der Waals surface area contributed by atoms with Crippen LogP contribution in [0.3, 0.4) is 0 Å². The highest BCUT2D eigenvalue weighted by Crippen LogP contribution is 2.19. The predicted octanol–water partition coefficient (Wildman–Crippen LogP) is 0.554. The van der Waals surface area contributed by atoms with Gasteiger partial charge in [0.25, 0.3) is 5.91 Å². The quantitative estimate of drug-likeness (QED) is 0.872. The van der Waals surface area contributed by atoms with Gasteiger partial charge in [0.2, 0.25) is 10.0 Å². The average molecular weight is 332 g/mol. The van der Waals surface area contributed by atoms with Crippen molar-refractivity contribution in [1.29, 1.82) is 0 Å². The van der Waals surface area contributed by atoms with E-state index in [1.807, 2.05) is 0 Å². The molecule has 2 heterocycles. The lowest BCUT2D eigenvalue weighted by molar-refractivity contribution is 0.0701. The lowest BCUT2D eigenvalue weighted by Gasteiger charge is -2.20. The molecule has 0 spiro atoms. The number of thiophene rings is 1. The first-order chi connectivity index (χ1) is 9.79. The predicted molar refractivity (Wildman–Crippen MR) is 78.2 cm³/mol. The minimum Gasteiger partial charge on any atom is -0.477 e. The molecule has 1 aromatic heterocycles. The van der Waals surface area contributed by atoms with Gasteiger partial charge in [-0.15, -0.1) is 11.3 Å². The van der Waals surface area contributed by atoms with Gasteiger partial charge in [0.05, 0.1) is 11.1 Å². The first kappa shape index (κ1) is 15.9. The van der Waals surface area contributed by atoms with Crippen molar-refractivity contribution in [3.05, 3.63) is 21.9 Å². The molecule has 116 valence electrons. The second-order valence-corrected chi connectivity index (χ2v) is 7.84. The van der Waals surface area contributed by atoms with Gasteiger partial charge in [-0.25, -0.2) is 17.5 Å². The molecule has 7 nitrogen and oxygen atoms in total. The lowest BCUT2D eigenvalue weighted by atomic mass is 10.3. The van der Waals surface area contributed by atoms with Gasteiger partial charge in [0.15, 0.2) is 0 Å². The molecular formula is C12H16N2O5S2. The second-order valence-electron chi connectivity index (χ2n) is 4.78. The number of carboxylic acid groups (broad SMARTS) is 1. The van der Waals surface area contributed by atoms with Crippen LogP contribution in [0.5, 0.6) is 0 Å². The first-order valence-corrected chi connectivity index (χ1v) is 9.03. The number of carboxylic acids is 1. The minimum atomic E-state index is -3.25. The van der Waals surface area contributed by atoms with Crippen LogP contribution in [0.15, 0.2) is 12.1 Å². The summed E-state index contributed by atoms with van der Waals surface area (Å²) in [6, 6.07) is 2.90. The molecule has 0 bridgehead atoms. The summed E-state index contributed by atoms with van der Waals surface area (Å²) in [5.74, 6) is -1.30. The number of hydrogen-bond acceptors (Lipinski definition) is 5. The number of sulfonamides is 1. The molecule has 0 saturated carbocycles. The van der Waals surface area contributed by atoms with E-state index < -0.39 is 16.0 Å². The maximum Gasteiger partial charge on any atom is 0.345 e. The summed E-state index contributed by atoms with van der Waals surface area (Å²) in [7, 11) is -3.25. The Kier molecular flexibility index (Phi) is 4.64. The van der Waals surface area contributed by atoms with Crippen LogP contribution < -0.4 is 0 Å². The molecule has 0 radical (unpaired) electrons. The van der Waals surface area contributed by atoms with E-state index in [1.54, 1.807) is 4.90 Å². The van der Waals surface area contributed by atoms with Crippen molar-refractivity contribution in [2.75, 3.05) is 32.4 Å². The lowest BCUT2D eigenvalue weighted by Crippen LogP contribution is -2.36. The molecule has 1 aliphatic rings. The van der Waals surface area contributed by atoms with Crippen LogP contribution in [0.1, 0.15) is 25.8 Å². The normalized spacial score (nSPS) is 17.5. The highest BCUT2D eigenvalue weighted by atomic mass is 32.2. The van der Waals surface area contributed by atoms with E-state index in [1.165, 1.54) is 16.4 Å². The van der Waals surface area contributed by atoms with Gasteiger partial charge in [0, 0.05) is 26.2 Å². The fourth-order valence-corrected chi connectivity index (χ4v) is 3.84. The van der Waals surface area contributed by atoms with E-state index in [2.05, 4.69) is 0 Å². The Morgan fingerprint density at radius 1 is 1.14 bits per heavy atom. The second kappa shape index (κ2) is 6.12. The van der Waals surface area contributed by atoms with Gasteiger partial charge >= 0.3 is 5.97 Å². The van der Waals surface area contributed by atoms with Crippen molar-refractivity contribution in [3.63, 3.8) is 0 Å². The van der Waals surface area contributed by atoms with Crippen molar-refractivity contribution >= 4 is 33.2 Å². The third-order valence-corrected chi connectivity index (χ3v) is 5.60. The van der Waals surface area contributed by atoms with Gasteiger partial charge in [-0.3, -0.25) is 4.79 Å². The Morgan fingerprint density at radius 2 is 1.81 bits per heavy atom. The van der Waals surface area contributed by atoms with E-state index in [-0.39, 0.29) is 17.3 Å². The van der Waals surface area contributed by atoms with Crippen LogP contribution in [-0.4, -0.2) is 67.0 Å². The van der Waals surface area contributed by atoms with Gasteiger partial charge in [-0.2, -0.15) is 0 Å². The molecule has 1 aliphatic heterocycles. The Morgan fingerprint density at radius 3 is 2.38 bits per heavy atom. The zero-order valence-electron chi connectivity index (χ0n) is 11.5. The van der Waals surface area contributed by atoms with Gasteiger partial charge in [-0.05, 0) is 18.6 Å². The number of aromatic carboxylic acids is 1. The number of amides is 1. The highest BCUT2D eigenvalue weighted by molar-refractivity contribution is 7.88. The maximum absolute atomic E-state index is 12.3. The van der Waals surface area contributed by atoms with Crippen molar-refractivity contribution in [2.24, 2.45) is 0 Å². The molecule has 0 unspecified atom stereocenters. The van der Waals surface area contributed by atoms with E-state index in [0.717, 1.165) is 17.6 Å². The molecule has 1 saturated heterocycles. The number of hydrogen-bond donors (Lipinski definition) is 1. The molecule has 0 aromatic carbocycles. The van der Waals surface area contributed by atoms with Crippen LogP contribution in [-0.2, 0) is 10.0 Å². The Bertz CT molecular complexity index is 652. The van der Waals surface area contributed by atoms with Crippen molar-refractivity contribution in [3.8, 4) is 0 Å². The van der Waals surface area contributed by atoms with Gasteiger partial charge in [-0.1, -0.05) is 0 Å². The average Bonchev–Trinajstić information content (AvgIpc) is 2.74. The van der Waals surface area contributed by atoms with Crippen LogP contribution in [0, 0.1) is 0 Å². The third kappa shape index (κ3) is 3.80. The topological polar surface area (TPSA) is 95.0 Å². The van der Waals surface area contributed by atoms with Gasteiger partial charge in [0.1, 0.15) is 4.88 Å². The van der Waals surface area contributed by atoms with Crippen LogP contribution in [0.2, 0.25) is 0 Å². The smallest absolute Gasteiger partial charge is 0.345 e. The Balaban J connectivity index is 2.08. The molecule has 21 heavy (non-hydrogen) atoms. The summed E-state index contributed by atoms with van der Waals surface area (Å²) in [6.07, 6.45) is 1.72. The van der Waals surface area contributed by atoms with Crippen LogP contribution in [0.4, 0.5) is 0 Å². The third-order valence-electron chi connectivity index (χ3n) is 3.24. The standard InChI is InChI=1S/C12H16N2O5S2/c1-21(18,19)14-6-2-5-13(7-8-14)11(15)9-3-4-10(20-9)12(16)17/h3-4H,2,5-8H2,1H3,(H,16,17). The summed E-state index contributed by atoms with van der Waals surface area (Å²) >= 11 is 0.933. The Hall–Kier alpha value is -1.45. The number of rotatable bonds is 3. The fraction of sp³-hybridized carbons (Fsp3) is 0.500. The highest BCUT2D eigenvalue weighted by Gasteiger charge is 2.25. The molecule has 1 N–H and O–H groups in total. The monoisotopic (exact) mass is 332 g/mol. The molecule has 1 aromatic rings. The van der Waals surface area contributed by atoms with Crippen molar-refractivity contribution in [2.45, 2.75) is 6.42 Å². The minimum absolute atomic E-state index is 0.117. The molecule has 0 aliphatic carbocycles. The van der Waals surface area contributed by atoms with E-state index >= 15 is 0 Å². The van der Waals surface area contributed by atoms with E-state index in [4.69, 9.17) is 5.11 Å². The van der Waals surface area contributed by atoms with E-state index in [0.29, 0.717) is 30.9 Å². The Labute approximate surface area is 126 Å². The number of carbonyl (C=O) groups excluding carboxylic acids is 1. The molecule has 1 fully saturated rings. The van der Waals surface area contributed by atoms with Crippen molar-refractivity contribution in [1.82, 2.24) is 9.21 Å². The number of carbonyl (C=O) groups is 2. The fourth-order valence-electron chi connectivity index (χ4n) is 2.15. The summed E-state index contributed by atoms with van der Waals surface area (Å²) < 4.78 is 24.4. The summed E-state index contributed by atoms with van der Waals surface area (Å²) in [4.78, 5) is 25.2. The van der Waals surface area contributed by atoms with Crippen LogP contribution >= 0.6 is 11.3 Å². The maximum atomic E-state index is 12.3. The van der Waals surface area contributed by atoms with Crippen molar-refractivity contribution < 1.29 is 23.1 Å². The zero-order chi connectivity index (χ0) is 15.6. The zero-order valence-corrected chi connectivity index (χ0v) is 13.1. The van der Waals surface area contributed by atoms with E-state index in [9.17, 15) is 18.0 Å². The van der Waals surface area contributed by atoms with Crippen LogP contribution in [0.25, 0.3) is 0 Å². The molecular weight excluding hydrogens is 316 g/mol. The summed E-state index contributed by atoms with van der Waals surface area (Å²) in [5, 5.41) is 8.87. The molecule has 1 amide bonds. The largest absolute Gasteiger partial charge is 0.477 e.